The number of aromatic nitrogens is 3. The van der Waals surface area contributed by atoms with E-state index in [9.17, 15) is 8.42 Å². The summed E-state index contributed by atoms with van der Waals surface area (Å²) in [5.41, 5.74) is -0.00886. The zero-order chi connectivity index (χ0) is 14.5. The van der Waals surface area contributed by atoms with Crippen molar-refractivity contribution in [1.82, 2.24) is 20.1 Å². The molecule has 110 valence electrons. The fourth-order valence-electron chi connectivity index (χ4n) is 1.59. The molecule has 0 saturated heterocycles. The fraction of sp³-hybridized carbons (Fsp3) is 0.833. The zero-order valence-corrected chi connectivity index (χ0v) is 13.0. The van der Waals surface area contributed by atoms with Crippen LogP contribution in [0.4, 0.5) is 0 Å². The third-order valence-electron chi connectivity index (χ3n) is 2.60. The molecule has 1 heterocycles. The van der Waals surface area contributed by atoms with Gasteiger partial charge in [-0.15, -0.1) is 0 Å². The summed E-state index contributed by atoms with van der Waals surface area (Å²) in [7, 11) is -2.98. The van der Waals surface area contributed by atoms with Gasteiger partial charge in [-0.1, -0.05) is 6.92 Å². The number of rotatable bonds is 7. The van der Waals surface area contributed by atoms with Gasteiger partial charge in [0.05, 0.1) is 18.8 Å². The lowest BCUT2D eigenvalue weighted by Gasteiger charge is -2.20. The van der Waals surface area contributed by atoms with Gasteiger partial charge in [0, 0.05) is 11.3 Å². The second-order valence-corrected chi connectivity index (χ2v) is 7.96. The SMILES string of the molecule is CCCS(=O)(=O)CCn1ncnc1CNC(C)(C)C. The predicted octanol–water partition coefficient (Wildman–Crippen LogP) is 0.991. The van der Waals surface area contributed by atoms with Crippen LogP contribution in [-0.4, -0.2) is 40.2 Å². The van der Waals surface area contributed by atoms with Crippen LogP contribution in [0.2, 0.25) is 0 Å². The van der Waals surface area contributed by atoms with Crippen LogP contribution in [-0.2, 0) is 22.9 Å². The highest BCUT2D eigenvalue weighted by Gasteiger charge is 2.14. The minimum Gasteiger partial charge on any atom is -0.305 e. The maximum atomic E-state index is 11.7. The Morgan fingerprint density at radius 3 is 2.58 bits per heavy atom. The van der Waals surface area contributed by atoms with E-state index in [1.54, 1.807) is 4.68 Å². The molecule has 0 saturated carbocycles. The van der Waals surface area contributed by atoms with Crippen molar-refractivity contribution in [2.75, 3.05) is 11.5 Å². The normalized spacial score (nSPS) is 12.8. The first kappa shape index (κ1) is 16.1. The van der Waals surface area contributed by atoms with Crippen molar-refractivity contribution < 1.29 is 8.42 Å². The Hall–Kier alpha value is -0.950. The fourth-order valence-corrected chi connectivity index (χ4v) is 2.87. The molecule has 0 aliphatic heterocycles. The Labute approximate surface area is 115 Å². The predicted molar refractivity (Wildman–Crippen MR) is 75.6 cm³/mol. The van der Waals surface area contributed by atoms with E-state index in [0.29, 0.717) is 19.5 Å². The minimum atomic E-state index is -2.98. The molecule has 0 aliphatic carbocycles. The van der Waals surface area contributed by atoms with Crippen molar-refractivity contribution in [3.8, 4) is 0 Å². The molecule has 1 aromatic rings. The van der Waals surface area contributed by atoms with Crippen molar-refractivity contribution >= 4 is 9.84 Å². The first-order valence-corrected chi connectivity index (χ1v) is 8.38. The van der Waals surface area contributed by atoms with E-state index < -0.39 is 9.84 Å². The number of hydrogen-bond acceptors (Lipinski definition) is 5. The van der Waals surface area contributed by atoms with Crippen LogP contribution in [0.3, 0.4) is 0 Å². The second kappa shape index (κ2) is 6.47. The van der Waals surface area contributed by atoms with E-state index in [1.807, 2.05) is 6.92 Å². The Morgan fingerprint density at radius 2 is 2.00 bits per heavy atom. The van der Waals surface area contributed by atoms with Gasteiger partial charge >= 0.3 is 0 Å². The monoisotopic (exact) mass is 288 g/mol. The standard InChI is InChI=1S/C12H24N4O2S/c1-5-7-19(17,18)8-6-16-11(13-10-15-16)9-14-12(2,3)4/h10,14H,5-9H2,1-4H3. The molecule has 0 atom stereocenters. The Morgan fingerprint density at radius 1 is 1.32 bits per heavy atom. The van der Waals surface area contributed by atoms with Gasteiger partial charge in [0.25, 0.3) is 0 Å². The summed E-state index contributed by atoms with van der Waals surface area (Å²) < 4.78 is 25.0. The highest BCUT2D eigenvalue weighted by Crippen LogP contribution is 2.03. The van der Waals surface area contributed by atoms with E-state index in [1.165, 1.54) is 6.33 Å². The van der Waals surface area contributed by atoms with Gasteiger partial charge in [-0.2, -0.15) is 5.10 Å². The third-order valence-corrected chi connectivity index (χ3v) is 4.44. The van der Waals surface area contributed by atoms with Crippen LogP contribution in [0.25, 0.3) is 0 Å². The number of sulfone groups is 1. The summed E-state index contributed by atoms with van der Waals surface area (Å²) in [5.74, 6) is 1.12. The minimum absolute atomic E-state index is 0.00886. The smallest absolute Gasteiger partial charge is 0.152 e. The molecule has 1 rings (SSSR count). The number of aryl methyl sites for hydroxylation is 1. The van der Waals surface area contributed by atoms with Crippen molar-refractivity contribution in [3.63, 3.8) is 0 Å². The maximum absolute atomic E-state index is 11.7. The van der Waals surface area contributed by atoms with Gasteiger partial charge in [-0.05, 0) is 27.2 Å². The van der Waals surface area contributed by atoms with Gasteiger partial charge in [0.1, 0.15) is 12.2 Å². The summed E-state index contributed by atoms with van der Waals surface area (Å²) in [6.45, 7) is 9.02. The molecule has 0 amide bonds. The lowest BCUT2D eigenvalue weighted by atomic mass is 10.1. The van der Waals surface area contributed by atoms with Crippen LogP contribution in [0, 0.1) is 0 Å². The first-order valence-electron chi connectivity index (χ1n) is 6.55. The number of nitrogens with zero attached hydrogens (tertiary/aromatic N) is 3. The molecule has 0 bridgehead atoms. The maximum Gasteiger partial charge on any atom is 0.152 e. The summed E-state index contributed by atoms with van der Waals surface area (Å²) in [5, 5.41) is 7.40. The molecule has 0 radical (unpaired) electrons. The first-order chi connectivity index (χ1) is 8.73. The van der Waals surface area contributed by atoms with E-state index >= 15 is 0 Å². The topological polar surface area (TPSA) is 76.9 Å². The third kappa shape index (κ3) is 6.15. The molecule has 1 N–H and O–H groups in total. The van der Waals surface area contributed by atoms with Crippen LogP contribution in [0.5, 0.6) is 0 Å². The van der Waals surface area contributed by atoms with Gasteiger partial charge in [0.2, 0.25) is 0 Å². The van der Waals surface area contributed by atoms with Gasteiger partial charge < -0.3 is 5.32 Å². The van der Waals surface area contributed by atoms with Crippen molar-refractivity contribution in [2.24, 2.45) is 0 Å². The van der Waals surface area contributed by atoms with Crippen LogP contribution < -0.4 is 5.32 Å². The number of nitrogens with one attached hydrogen (secondary N) is 1. The average molecular weight is 288 g/mol. The highest BCUT2D eigenvalue weighted by atomic mass is 32.2. The zero-order valence-electron chi connectivity index (χ0n) is 12.2. The van der Waals surface area contributed by atoms with Gasteiger partial charge in [-0.3, -0.25) is 0 Å². The molecule has 0 spiro atoms. The Balaban J connectivity index is 2.58. The largest absolute Gasteiger partial charge is 0.305 e. The molecule has 7 heteroatoms. The van der Waals surface area contributed by atoms with E-state index in [-0.39, 0.29) is 17.0 Å². The molecular weight excluding hydrogens is 264 g/mol. The Kier molecular flexibility index (Phi) is 5.49. The molecular formula is C12H24N4O2S. The van der Waals surface area contributed by atoms with Crippen LogP contribution >= 0.6 is 0 Å². The van der Waals surface area contributed by atoms with Gasteiger partial charge in [-0.25, -0.2) is 18.1 Å². The summed E-state index contributed by atoms with van der Waals surface area (Å²) >= 11 is 0. The summed E-state index contributed by atoms with van der Waals surface area (Å²) in [6, 6.07) is 0. The molecule has 0 unspecified atom stereocenters. The second-order valence-electron chi connectivity index (χ2n) is 5.65. The molecule has 0 fully saturated rings. The molecule has 6 nitrogen and oxygen atoms in total. The van der Waals surface area contributed by atoms with Crippen LogP contribution in [0.15, 0.2) is 6.33 Å². The molecule has 1 aromatic heterocycles. The highest BCUT2D eigenvalue weighted by molar-refractivity contribution is 7.91. The molecule has 0 aromatic carbocycles. The van der Waals surface area contributed by atoms with E-state index in [2.05, 4.69) is 36.2 Å². The Bertz CT molecular complexity index is 488. The summed E-state index contributed by atoms with van der Waals surface area (Å²) in [4.78, 5) is 4.16. The quantitative estimate of drug-likeness (QED) is 0.809. The van der Waals surface area contributed by atoms with E-state index in [4.69, 9.17) is 0 Å². The average Bonchev–Trinajstić information content (AvgIpc) is 2.70. The summed E-state index contributed by atoms with van der Waals surface area (Å²) in [6.07, 6.45) is 2.12. The lowest BCUT2D eigenvalue weighted by Crippen LogP contribution is -2.36. The van der Waals surface area contributed by atoms with Crippen molar-refractivity contribution in [1.29, 1.82) is 0 Å². The molecule has 19 heavy (non-hydrogen) atoms. The molecule has 0 aliphatic rings. The van der Waals surface area contributed by atoms with Crippen molar-refractivity contribution in [2.45, 2.75) is 52.7 Å². The van der Waals surface area contributed by atoms with Gasteiger partial charge in [0.15, 0.2) is 9.84 Å². The van der Waals surface area contributed by atoms with Crippen LogP contribution in [0.1, 0.15) is 39.9 Å². The number of hydrogen-bond donors (Lipinski definition) is 1. The lowest BCUT2D eigenvalue weighted by molar-refractivity contribution is 0.409. The van der Waals surface area contributed by atoms with Crippen molar-refractivity contribution in [3.05, 3.63) is 12.2 Å². The van der Waals surface area contributed by atoms with E-state index in [0.717, 1.165) is 5.82 Å².